The average molecular weight is 305 g/mol. The first-order valence-corrected chi connectivity index (χ1v) is 9.08. The lowest BCUT2D eigenvalue weighted by Gasteiger charge is -2.06. The second-order valence-electron chi connectivity index (χ2n) is 4.14. The van der Waals surface area contributed by atoms with Gasteiger partial charge in [-0.3, -0.25) is 0 Å². The number of nitriles is 1. The van der Waals surface area contributed by atoms with E-state index in [1.807, 2.05) is 0 Å². The predicted molar refractivity (Wildman–Crippen MR) is 68.3 cm³/mol. The minimum Gasteiger partial charge on any atom is -0.229 e. The first-order valence-electron chi connectivity index (χ1n) is 5.20. The summed E-state index contributed by atoms with van der Waals surface area (Å²) in [5, 5.41) is 8.80. The molecule has 1 aromatic rings. The van der Waals surface area contributed by atoms with Gasteiger partial charge in [0.25, 0.3) is 0 Å². The van der Waals surface area contributed by atoms with Crippen LogP contribution in [0.2, 0.25) is 0 Å². The van der Waals surface area contributed by atoms with Crippen LogP contribution in [0.5, 0.6) is 0 Å². The van der Waals surface area contributed by atoms with Crippen LogP contribution in [0, 0.1) is 17.1 Å². The van der Waals surface area contributed by atoms with E-state index in [-0.39, 0.29) is 11.1 Å². The highest BCUT2D eigenvalue weighted by Crippen LogP contribution is 2.14. The van der Waals surface area contributed by atoms with Gasteiger partial charge >= 0.3 is 0 Å². The van der Waals surface area contributed by atoms with Crippen molar-refractivity contribution in [2.75, 3.05) is 17.8 Å². The summed E-state index contributed by atoms with van der Waals surface area (Å²) in [5.74, 6) is -2.24. The van der Waals surface area contributed by atoms with Crippen molar-refractivity contribution in [3.63, 3.8) is 0 Å². The van der Waals surface area contributed by atoms with Crippen LogP contribution in [0.1, 0.15) is 11.1 Å². The number of hydrogen-bond donors (Lipinski definition) is 0. The normalized spacial score (nSPS) is 12.1. The Labute approximate surface area is 111 Å². The molecule has 0 aliphatic heterocycles. The third-order valence-corrected chi connectivity index (χ3v) is 5.11. The van der Waals surface area contributed by atoms with Crippen molar-refractivity contribution in [1.82, 2.24) is 0 Å². The third-order valence-electron chi connectivity index (χ3n) is 2.33. The zero-order chi connectivity index (χ0) is 14.7. The van der Waals surface area contributed by atoms with Crippen LogP contribution in [0.4, 0.5) is 4.39 Å². The van der Waals surface area contributed by atoms with Crippen LogP contribution >= 0.6 is 0 Å². The fraction of sp³-hybridized carbons (Fsp3) is 0.364. The molecule has 19 heavy (non-hydrogen) atoms. The molecule has 0 atom stereocenters. The Balaban J connectivity index is 2.96. The molecule has 0 radical (unpaired) electrons. The van der Waals surface area contributed by atoms with Gasteiger partial charge in [-0.2, -0.15) is 5.26 Å². The van der Waals surface area contributed by atoms with Crippen LogP contribution in [0.3, 0.4) is 0 Å². The van der Waals surface area contributed by atoms with Gasteiger partial charge in [0.2, 0.25) is 0 Å². The molecule has 104 valence electrons. The molecule has 0 fully saturated rings. The van der Waals surface area contributed by atoms with Gasteiger partial charge < -0.3 is 0 Å². The maximum atomic E-state index is 13.0. The first kappa shape index (κ1) is 15.6. The molecule has 5 nitrogen and oxygen atoms in total. The molecule has 0 unspecified atom stereocenters. The van der Waals surface area contributed by atoms with E-state index >= 15 is 0 Å². The molecular weight excluding hydrogens is 293 g/mol. The number of halogens is 1. The molecule has 1 aromatic carbocycles. The van der Waals surface area contributed by atoms with Gasteiger partial charge in [0, 0.05) is 6.26 Å². The number of sulfone groups is 2. The minimum atomic E-state index is -3.71. The quantitative estimate of drug-likeness (QED) is 0.796. The smallest absolute Gasteiger partial charge is 0.155 e. The molecule has 0 saturated heterocycles. The fourth-order valence-corrected chi connectivity index (χ4v) is 4.46. The van der Waals surface area contributed by atoms with Gasteiger partial charge in [-0.15, -0.1) is 0 Å². The largest absolute Gasteiger partial charge is 0.229 e. The number of rotatable bonds is 5. The molecule has 1 rings (SSSR count). The molecular formula is C11H12FNO4S2. The highest BCUT2D eigenvalue weighted by atomic mass is 32.2. The average Bonchev–Trinajstić information content (AvgIpc) is 2.26. The first-order chi connectivity index (χ1) is 8.63. The topological polar surface area (TPSA) is 92.1 Å². The van der Waals surface area contributed by atoms with Gasteiger partial charge in [0.05, 0.1) is 28.9 Å². The third kappa shape index (κ3) is 5.36. The summed E-state index contributed by atoms with van der Waals surface area (Å²) < 4.78 is 58.4. The Morgan fingerprint density at radius 1 is 1.21 bits per heavy atom. The number of hydrogen-bond acceptors (Lipinski definition) is 5. The molecule has 0 aromatic heterocycles. The zero-order valence-electron chi connectivity index (χ0n) is 10.1. The molecule has 8 heteroatoms. The Morgan fingerprint density at radius 3 is 2.37 bits per heavy atom. The standard InChI is InChI=1S/C11H12FNO4S2/c1-18(14,15)4-5-19(16,17)8-10-6-11(12)3-2-9(10)7-13/h2-3,6H,4-5,8H2,1H3. The lowest BCUT2D eigenvalue weighted by atomic mass is 10.1. The Hall–Kier alpha value is -1.46. The molecule has 0 heterocycles. The molecule has 0 aliphatic carbocycles. The molecule has 0 bridgehead atoms. The van der Waals surface area contributed by atoms with E-state index in [2.05, 4.69) is 0 Å². The SMILES string of the molecule is CS(=O)(=O)CCS(=O)(=O)Cc1cc(F)ccc1C#N. The summed E-state index contributed by atoms with van der Waals surface area (Å²) >= 11 is 0. The molecule has 0 spiro atoms. The van der Waals surface area contributed by atoms with Gasteiger partial charge in [-0.05, 0) is 23.8 Å². The van der Waals surface area contributed by atoms with E-state index in [1.165, 1.54) is 6.07 Å². The van der Waals surface area contributed by atoms with Crippen molar-refractivity contribution < 1.29 is 21.2 Å². The predicted octanol–water partition coefficient (Wildman–Crippen LogP) is 0.657. The zero-order valence-corrected chi connectivity index (χ0v) is 11.8. The highest BCUT2D eigenvalue weighted by Gasteiger charge is 2.18. The van der Waals surface area contributed by atoms with Crippen LogP contribution in [0.15, 0.2) is 18.2 Å². The lowest BCUT2D eigenvalue weighted by Crippen LogP contribution is -2.18. The molecule has 0 amide bonds. The van der Waals surface area contributed by atoms with E-state index in [4.69, 9.17) is 5.26 Å². The summed E-state index contributed by atoms with van der Waals surface area (Å²) in [5.41, 5.74) is 0.0975. The maximum absolute atomic E-state index is 13.0. The molecule has 0 saturated carbocycles. The summed E-state index contributed by atoms with van der Waals surface area (Å²) in [6, 6.07) is 4.99. The Bertz CT molecular complexity index is 718. The Morgan fingerprint density at radius 2 is 1.84 bits per heavy atom. The van der Waals surface area contributed by atoms with Crippen molar-refractivity contribution in [2.24, 2.45) is 0 Å². The van der Waals surface area contributed by atoms with Crippen LogP contribution in [0.25, 0.3) is 0 Å². The van der Waals surface area contributed by atoms with Gasteiger partial charge in [-0.1, -0.05) is 0 Å². The lowest BCUT2D eigenvalue weighted by molar-refractivity contribution is 0.589. The summed E-state index contributed by atoms with van der Waals surface area (Å²) in [7, 11) is -7.11. The molecule has 0 aliphatic rings. The van der Waals surface area contributed by atoms with Crippen molar-refractivity contribution in [2.45, 2.75) is 5.75 Å². The van der Waals surface area contributed by atoms with Crippen molar-refractivity contribution in [3.8, 4) is 6.07 Å². The second kappa shape index (κ2) is 5.67. The van der Waals surface area contributed by atoms with Crippen LogP contribution in [-0.4, -0.2) is 34.6 Å². The van der Waals surface area contributed by atoms with Crippen molar-refractivity contribution >= 4 is 19.7 Å². The Kier molecular flexibility index (Phi) is 4.66. The summed E-state index contributed by atoms with van der Waals surface area (Å²) in [4.78, 5) is 0. The van der Waals surface area contributed by atoms with Gasteiger partial charge in [0.1, 0.15) is 15.7 Å². The molecule has 0 N–H and O–H groups in total. The van der Waals surface area contributed by atoms with E-state index < -0.39 is 42.8 Å². The number of nitrogens with zero attached hydrogens (tertiary/aromatic N) is 1. The minimum absolute atomic E-state index is 0.0380. The van der Waals surface area contributed by atoms with Crippen LogP contribution in [-0.2, 0) is 25.4 Å². The van der Waals surface area contributed by atoms with E-state index in [1.54, 1.807) is 6.07 Å². The highest BCUT2D eigenvalue weighted by molar-refractivity contribution is 7.94. The fourth-order valence-electron chi connectivity index (χ4n) is 1.38. The maximum Gasteiger partial charge on any atom is 0.155 e. The second-order valence-corrected chi connectivity index (χ2v) is 8.58. The van der Waals surface area contributed by atoms with Crippen LogP contribution < -0.4 is 0 Å². The number of benzene rings is 1. The summed E-state index contributed by atoms with van der Waals surface area (Å²) in [6.45, 7) is 0. The van der Waals surface area contributed by atoms with E-state index in [0.717, 1.165) is 18.4 Å². The van der Waals surface area contributed by atoms with Crippen molar-refractivity contribution in [1.29, 1.82) is 5.26 Å². The van der Waals surface area contributed by atoms with E-state index in [9.17, 15) is 21.2 Å². The summed E-state index contributed by atoms with van der Waals surface area (Å²) in [6.07, 6.45) is 0.936. The van der Waals surface area contributed by atoms with Crippen molar-refractivity contribution in [3.05, 3.63) is 35.1 Å². The monoisotopic (exact) mass is 305 g/mol. The van der Waals surface area contributed by atoms with Gasteiger partial charge in [0.15, 0.2) is 9.84 Å². The van der Waals surface area contributed by atoms with Gasteiger partial charge in [-0.25, -0.2) is 21.2 Å². The van der Waals surface area contributed by atoms with E-state index in [0.29, 0.717) is 0 Å².